The fraction of sp³-hybridized carbons (Fsp3) is 0.111. The van der Waals surface area contributed by atoms with Gasteiger partial charge in [0.1, 0.15) is 11.6 Å². The van der Waals surface area contributed by atoms with Crippen molar-refractivity contribution >= 4 is 0 Å². The Morgan fingerprint density at radius 1 is 1.00 bits per heavy atom. The van der Waals surface area contributed by atoms with Gasteiger partial charge >= 0.3 is 0 Å². The monoisotopic (exact) mass is 290 g/mol. The molecule has 0 bridgehead atoms. The summed E-state index contributed by atoms with van der Waals surface area (Å²) in [5.74, 6) is 1.38. The van der Waals surface area contributed by atoms with Gasteiger partial charge < -0.3 is 9.84 Å². The SMILES string of the molecule is OC1Oc2ccccc2-c2nc(Cc3ccccc3)ncc21. The number of nitrogens with zero attached hydrogens (tertiary/aromatic N) is 2. The Hall–Kier alpha value is -2.72. The maximum atomic E-state index is 10.1. The van der Waals surface area contributed by atoms with Crippen molar-refractivity contribution in [1.82, 2.24) is 9.97 Å². The number of fused-ring (bicyclic) bond motifs is 3. The molecule has 4 rings (SSSR count). The van der Waals surface area contributed by atoms with Gasteiger partial charge in [0.15, 0.2) is 0 Å². The van der Waals surface area contributed by atoms with E-state index < -0.39 is 6.29 Å². The second-order valence-electron chi connectivity index (χ2n) is 5.22. The van der Waals surface area contributed by atoms with Crippen LogP contribution >= 0.6 is 0 Å². The van der Waals surface area contributed by atoms with E-state index in [4.69, 9.17) is 4.74 Å². The molecule has 1 aromatic heterocycles. The van der Waals surface area contributed by atoms with Crippen LogP contribution in [0.3, 0.4) is 0 Å². The van der Waals surface area contributed by atoms with Gasteiger partial charge in [-0.2, -0.15) is 0 Å². The number of hydrogen-bond donors (Lipinski definition) is 1. The highest BCUT2D eigenvalue weighted by Crippen LogP contribution is 2.39. The third-order valence-electron chi connectivity index (χ3n) is 3.72. The highest BCUT2D eigenvalue weighted by Gasteiger charge is 2.26. The van der Waals surface area contributed by atoms with Crippen LogP contribution in [0, 0.1) is 0 Å². The summed E-state index contributed by atoms with van der Waals surface area (Å²) in [4.78, 5) is 9.01. The Morgan fingerprint density at radius 2 is 1.77 bits per heavy atom. The van der Waals surface area contributed by atoms with Crippen LogP contribution in [-0.4, -0.2) is 15.1 Å². The number of aromatic nitrogens is 2. The molecule has 2 heterocycles. The van der Waals surface area contributed by atoms with Crippen molar-refractivity contribution in [3.05, 3.63) is 77.7 Å². The van der Waals surface area contributed by atoms with Crippen molar-refractivity contribution in [3.8, 4) is 17.0 Å². The Kier molecular flexibility index (Phi) is 3.09. The molecule has 4 nitrogen and oxygen atoms in total. The van der Waals surface area contributed by atoms with Gasteiger partial charge in [-0.15, -0.1) is 0 Å². The van der Waals surface area contributed by atoms with Crippen molar-refractivity contribution in [3.63, 3.8) is 0 Å². The first-order chi connectivity index (χ1) is 10.8. The van der Waals surface area contributed by atoms with Crippen molar-refractivity contribution in [1.29, 1.82) is 0 Å². The van der Waals surface area contributed by atoms with E-state index in [1.807, 2.05) is 42.5 Å². The molecule has 0 fully saturated rings. The minimum Gasteiger partial charge on any atom is -0.460 e. The summed E-state index contributed by atoms with van der Waals surface area (Å²) in [6.07, 6.45) is 1.30. The zero-order valence-corrected chi connectivity index (χ0v) is 11.8. The third-order valence-corrected chi connectivity index (χ3v) is 3.72. The fourth-order valence-corrected chi connectivity index (χ4v) is 2.64. The smallest absolute Gasteiger partial charge is 0.227 e. The van der Waals surface area contributed by atoms with Crippen LogP contribution in [0.25, 0.3) is 11.3 Å². The maximum Gasteiger partial charge on any atom is 0.227 e. The van der Waals surface area contributed by atoms with Crippen molar-refractivity contribution in [2.45, 2.75) is 12.7 Å². The number of rotatable bonds is 2. The summed E-state index contributed by atoms with van der Waals surface area (Å²) in [6, 6.07) is 17.7. The first-order valence-corrected chi connectivity index (χ1v) is 7.15. The zero-order chi connectivity index (χ0) is 14.9. The fourth-order valence-electron chi connectivity index (χ4n) is 2.64. The van der Waals surface area contributed by atoms with Crippen LogP contribution in [0.5, 0.6) is 5.75 Å². The predicted molar refractivity (Wildman–Crippen MR) is 82.3 cm³/mol. The molecule has 1 atom stereocenters. The van der Waals surface area contributed by atoms with E-state index in [1.165, 1.54) is 0 Å². The van der Waals surface area contributed by atoms with Crippen molar-refractivity contribution < 1.29 is 9.84 Å². The van der Waals surface area contributed by atoms with E-state index in [1.54, 1.807) is 6.20 Å². The normalized spacial score (nSPS) is 15.6. The van der Waals surface area contributed by atoms with E-state index in [2.05, 4.69) is 22.1 Å². The first-order valence-electron chi connectivity index (χ1n) is 7.15. The zero-order valence-electron chi connectivity index (χ0n) is 11.8. The lowest BCUT2D eigenvalue weighted by Crippen LogP contribution is -2.16. The van der Waals surface area contributed by atoms with E-state index >= 15 is 0 Å². The van der Waals surface area contributed by atoms with Gasteiger partial charge in [-0.1, -0.05) is 42.5 Å². The molecule has 1 N–H and O–H groups in total. The molecule has 1 aliphatic heterocycles. The molecule has 108 valence electrons. The number of aliphatic hydroxyl groups excluding tert-OH is 1. The molecule has 0 spiro atoms. The molecule has 3 aromatic rings. The average molecular weight is 290 g/mol. The second-order valence-corrected chi connectivity index (χ2v) is 5.22. The van der Waals surface area contributed by atoms with Crippen LogP contribution in [0.15, 0.2) is 60.8 Å². The molecule has 0 radical (unpaired) electrons. The second kappa shape index (κ2) is 5.24. The molecule has 1 unspecified atom stereocenters. The van der Waals surface area contributed by atoms with E-state index in [0.29, 0.717) is 17.7 Å². The van der Waals surface area contributed by atoms with E-state index in [-0.39, 0.29) is 0 Å². The van der Waals surface area contributed by atoms with Crippen molar-refractivity contribution in [2.24, 2.45) is 0 Å². The van der Waals surface area contributed by atoms with Gasteiger partial charge in [-0.05, 0) is 17.7 Å². The molecule has 0 amide bonds. The van der Waals surface area contributed by atoms with E-state index in [9.17, 15) is 5.11 Å². The number of benzene rings is 2. The quantitative estimate of drug-likeness (QED) is 0.788. The topological polar surface area (TPSA) is 55.2 Å². The molecular weight excluding hydrogens is 276 g/mol. The molecular formula is C18H14N2O2. The highest BCUT2D eigenvalue weighted by molar-refractivity contribution is 5.71. The minimum absolute atomic E-state index is 0.607. The Labute approximate surface area is 128 Å². The largest absolute Gasteiger partial charge is 0.460 e. The van der Waals surface area contributed by atoms with Gasteiger partial charge in [-0.25, -0.2) is 9.97 Å². The molecule has 2 aromatic carbocycles. The lowest BCUT2D eigenvalue weighted by atomic mass is 10.0. The van der Waals surface area contributed by atoms with Gasteiger partial charge in [0.25, 0.3) is 0 Å². The number of hydrogen-bond acceptors (Lipinski definition) is 4. The minimum atomic E-state index is -1.02. The summed E-state index contributed by atoms with van der Waals surface area (Å²) in [7, 11) is 0. The van der Waals surface area contributed by atoms with Crippen LogP contribution in [0.2, 0.25) is 0 Å². The molecule has 4 heteroatoms. The Balaban J connectivity index is 1.77. The molecule has 0 aliphatic carbocycles. The van der Waals surface area contributed by atoms with Crippen molar-refractivity contribution in [2.75, 3.05) is 0 Å². The standard InChI is InChI=1S/C18H14N2O2/c21-18-14-11-19-16(10-12-6-2-1-3-7-12)20-17(14)13-8-4-5-9-15(13)22-18/h1-9,11,18,21H,10H2. The highest BCUT2D eigenvalue weighted by atomic mass is 16.6. The van der Waals surface area contributed by atoms with Gasteiger partial charge in [-0.3, -0.25) is 0 Å². The Bertz CT molecular complexity index is 818. The third kappa shape index (κ3) is 2.23. The molecule has 22 heavy (non-hydrogen) atoms. The number of aliphatic hydroxyl groups is 1. The van der Waals surface area contributed by atoms with Gasteiger partial charge in [0, 0.05) is 18.2 Å². The molecule has 0 saturated heterocycles. The first kappa shape index (κ1) is 13.0. The summed E-state index contributed by atoms with van der Waals surface area (Å²) >= 11 is 0. The van der Waals surface area contributed by atoms with E-state index in [0.717, 1.165) is 22.6 Å². The maximum absolute atomic E-state index is 10.1. The molecule has 1 aliphatic rings. The number of para-hydroxylation sites is 1. The van der Waals surface area contributed by atoms with Crippen LogP contribution in [0.4, 0.5) is 0 Å². The molecule has 0 saturated carbocycles. The van der Waals surface area contributed by atoms with Crippen LogP contribution in [-0.2, 0) is 6.42 Å². The van der Waals surface area contributed by atoms with Gasteiger partial charge in [0.2, 0.25) is 6.29 Å². The van der Waals surface area contributed by atoms with Crippen LogP contribution < -0.4 is 4.74 Å². The summed E-state index contributed by atoms with van der Waals surface area (Å²) in [6.45, 7) is 0. The van der Waals surface area contributed by atoms with Gasteiger partial charge in [0.05, 0.1) is 11.3 Å². The summed E-state index contributed by atoms with van der Waals surface area (Å²) < 4.78 is 5.49. The lowest BCUT2D eigenvalue weighted by molar-refractivity contribution is -0.0219. The van der Waals surface area contributed by atoms with Crippen LogP contribution in [0.1, 0.15) is 23.2 Å². The summed E-state index contributed by atoms with van der Waals surface area (Å²) in [5.41, 5.74) is 3.40. The summed E-state index contributed by atoms with van der Waals surface area (Å²) in [5, 5.41) is 10.1. The average Bonchev–Trinajstić information content (AvgIpc) is 2.56. The lowest BCUT2D eigenvalue weighted by Gasteiger charge is -2.24. The predicted octanol–water partition coefficient (Wildman–Crippen LogP) is 3.12. The number of ether oxygens (including phenoxy) is 1. The Morgan fingerprint density at radius 3 is 2.64 bits per heavy atom.